The molecule has 4 nitrogen and oxygen atoms in total. The Morgan fingerprint density at radius 1 is 1.32 bits per heavy atom. The van der Waals surface area contributed by atoms with Crippen molar-refractivity contribution in [3.05, 3.63) is 35.6 Å². The summed E-state index contributed by atoms with van der Waals surface area (Å²) in [4.78, 5) is 6.96. The van der Waals surface area contributed by atoms with Crippen LogP contribution in [0, 0.1) is 5.82 Å². The van der Waals surface area contributed by atoms with Gasteiger partial charge >= 0.3 is 0 Å². The Morgan fingerprint density at radius 2 is 1.95 bits per heavy atom. The van der Waals surface area contributed by atoms with Crippen LogP contribution in [-0.2, 0) is 4.74 Å². The average molecular weight is 421 g/mol. The number of aliphatic imine (C=N–C) groups is 1. The van der Waals surface area contributed by atoms with E-state index in [1.807, 2.05) is 0 Å². The fraction of sp³-hybridized carbons (Fsp3) is 0.562. The van der Waals surface area contributed by atoms with Crippen molar-refractivity contribution in [2.75, 3.05) is 33.3 Å². The number of guanidine groups is 1. The molecular formula is C16H25FIN3O. The summed E-state index contributed by atoms with van der Waals surface area (Å²) in [6, 6.07) is 6.41. The highest BCUT2D eigenvalue weighted by Crippen LogP contribution is 2.18. The van der Waals surface area contributed by atoms with E-state index >= 15 is 0 Å². The summed E-state index contributed by atoms with van der Waals surface area (Å²) in [5, 5.41) is 3.32. The van der Waals surface area contributed by atoms with Crippen LogP contribution in [0.2, 0.25) is 0 Å². The molecule has 1 aliphatic heterocycles. The molecule has 0 spiro atoms. The second kappa shape index (κ2) is 9.99. The molecule has 1 atom stereocenters. The molecule has 22 heavy (non-hydrogen) atoms. The van der Waals surface area contributed by atoms with Gasteiger partial charge in [0, 0.05) is 26.7 Å². The summed E-state index contributed by atoms with van der Waals surface area (Å²) in [5.74, 6) is 0.710. The van der Waals surface area contributed by atoms with E-state index in [-0.39, 0.29) is 35.9 Å². The van der Waals surface area contributed by atoms with Crippen LogP contribution in [0.5, 0.6) is 0 Å². The van der Waals surface area contributed by atoms with Gasteiger partial charge in [-0.15, -0.1) is 24.0 Å². The van der Waals surface area contributed by atoms with Gasteiger partial charge in [-0.3, -0.25) is 4.99 Å². The van der Waals surface area contributed by atoms with Crippen molar-refractivity contribution < 1.29 is 9.13 Å². The number of nitrogens with one attached hydrogen (secondary N) is 1. The second-order valence-electron chi connectivity index (χ2n) is 5.16. The number of halogens is 2. The number of hydrogen-bond donors (Lipinski definition) is 1. The zero-order chi connectivity index (χ0) is 15.1. The SMILES string of the molecule is CCNC(=NCC(OC)c1ccc(F)cc1)N1CCCC1.I. The maximum atomic E-state index is 13.0. The summed E-state index contributed by atoms with van der Waals surface area (Å²) >= 11 is 0. The Labute approximate surface area is 149 Å². The van der Waals surface area contributed by atoms with Crippen LogP contribution in [0.3, 0.4) is 0 Å². The minimum Gasteiger partial charge on any atom is -0.375 e. The highest BCUT2D eigenvalue weighted by molar-refractivity contribution is 14.0. The molecule has 0 bridgehead atoms. The van der Waals surface area contributed by atoms with Crippen molar-refractivity contribution in [2.24, 2.45) is 4.99 Å². The molecule has 1 N–H and O–H groups in total. The zero-order valence-corrected chi connectivity index (χ0v) is 15.5. The molecule has 2 rings (SSSR count). The van der Waals surface area contributed by atoms with E-state index in [1.54, 1.807) is 19.2 Å². The lowest BCUT2D eigenvalue weighted by atomic mass is 10.1. The van der Waals surface area contributed by atoms with Crippen molar-refractivity contribution in [2.45, 2.75) is 25.9 Å². The van der Waals surface area contributed by atoms with Crippen LogP contribution < -0.4 is 5.32 Å². The van der Waals surface area contributed by atoms with Crippen molar-refractivity contribution in [1.82, 2.24) is 10.2 Å². The normalized spacial score (nSPS) is 16.3. The standard InChI is InChI=1S/C16H24FN3O.HI/c1-3-18-16(20-10-4-5-11-20)19-12-15(21-2)13-6-8-14(17)9-7-13;/h6-9,15H,3-5,10-12H2,1-2H3,(H,18,19);1H. The van der Waals surface area contributed by atoms with Gasteiger partial charge in [-0.25, -0.2) is 4.39 Å². The van der Waals surface area contributed by atoms with Crippen molar-refractivity contribution in [1.29, 1.82) is 0 Å². The highest BCUT2D eigenvalue weighted by atomic mass is 127. The van der Waals surface area contributed by atoms with E-state index < -0.39 is 0 Å². The molecule has 1 aromatic carbocycles. The van der Waals surface area contributed by atoms with E-state index in [9.17, 15) is 4.39 Å². The number of ether oxygens (including phenoxy) is 1. The van der Waals surface area contributed by atoms with Crippen LogP contribution in [0.1, 0.15) is 31.4 Å². The molecule has 0 radical (unpaired) electrons. The number of nitrogens with zero attached hydrogens (tertiary/aromatic N) is 2. The van der Waals surface area contributed by atoms with Gasteiger partial charge in [0.1, 0.15) is 11.9 Å². The lowest BCUT2D eigenvalue weighted by Gasteiger charge is -2.22. The minimum absolute atomic E-state index is 0. The van der Waals surface area contributed by atoms with Gasteiger partial charge < -0.3 is 15.0 Å². The first kappa shape index (κ1) is 19.2. The van der Waals surface area contributed by atoms with Gasteiger partial charge in [0.15, 0.2) is 5.96 Å². The number of benzene rings is 1. The Hall–Kier alpha value is -0.890. The lowest BCUT2D eigenvalue weighted by Crippen LogP contribution is -2.39. The third kappa shape index (κ3) is 5.39. The molecule has 0 aliphatic carbocycles. The summed E-state index contributed by atoms with van der Waals surface area (Å²) in [6.07, 6.45) is 2.29. The predicted molar refractivity (Wildman–Crippen MR) is 98.4 cm³/mol. The highest BCUT2D eigenvalue weighted by Gasteiger charge is 2.17. The number of methoxy groups -OCH3 is 1. The van der Waals surface area contributed by atoms with Crippen LogP contribution in [0.15, 0.2) is 29.3 Å². The van der Waals surface area contributed by atoms with Gasteiger partial charge in [-0.05, 0) is 37.5 Å². The molecule has 0 aromatic heterocycles. The number of rotatable bonds is 5. The summed E-state index contributed by atoms with van der Waals surface area (Å²) in [5.41, 5.74) is 0.944. The molecule has 1 saturated heterocycles. The minimum atomic E-state index is -0.234. The van der Waals surface area contributed by atoms with Gasteiger partial charge in [-0.1, -0.05) is 12.1 Å². The fourth-order valence-electron chi connectivity index (χ4n) is 2.52. The first-order valence-corrected chi connectivity index (χ1v) is 7.56. The van der Waals surface area contributed by atoms with Crippen molar-refractivity contribution >= 4 is 29.9 Å². The van der Waals surface area contributed by atoms with E-state index in [1.165, 1.54) is 25.0 Å². The second-order valence-corrected chi connectivity index (χ2v) is 5.16. The monoisotopic (exact) mass is 421 g/mol. The van der Waals surface area contributed by atoms with Gasteiger partial charge in [0.2, 0.25) is 0 Å². The lowest BCUT2D eigenvalue weighted by molar-refractivity contribution is 0.110. The molecular weight excluding hydrogens is 396 g/mol. The Bertz CT molecular complexity index is 461. The summed E-state index contributed by atoms with van der Waals surface area (Å²) in [7, 11) is 1.66. The fourth-order valence-corrected chi connectivity index (χ4v) is 2.52. The summed E-state index contributed by atoms with van der Waals surface area (Å²) < 4.78 is 18.5. The molecule has 6 heteroatoms. The molecule has 0 saturated carbocycles. The first-order chi connectivity index (χ1) is 10.2. The van der Waals surface area contributed by atoms with Crippen LogP contribution >= 0.6 is 24.0 Å². The maximum absolute atomic E-state index is 13.0. The van der Waals surface area contributed by atoms with Crippen LogP contribution in [0.25, 0.3) is 0 Å². The van der Waals surface area contributed by atoms with Gasteiger partial charge in [0.05, 0.1) is 6.54 Å². The zero-order valence-electron chi connectivity index (χ0n) is 13.2. The molecule has 1 heterocycles. The Morgan fingerprint density at radius 3 is 2.50 bits per heavy atom. The molecule has 1 unspecified atom stereocenters. The molecule has 0 amide bonds. The van der Waals surface area contributed by atoms with E-state index in [4.69, 9.17) is 4.74 Å². The Balaban J connectivity index is 0.00000242. The van der Waals surface area contributed by atoms with E-state index in [2.05, 4.69) is 22.1 Å². The average Bonchev–Trinajstić information content (AvgIpc) is 3.02. The number of likely N-dealkylation sites (tertiary alicyclic amines) is 1. The molecule has 1 aromatic rings. The third-order valence-corrected chi connectivity index (χ3v) is 3.67. The quantitative estimate of drug-likeness (QED) is 0.451. The smallest absolute Gasteiger partial charge is 0.194 e. The molecule has 124 valence electrons. The van der Waals surface area contributed by atoms with Gasteiger partial charge in [0.25, 0.3) is 0 Å². The van der Waals surface area contributed by atoms with Crippen LogP contribution in [0.4, 0.5) is 4.39 Å². The van der Waals surface area contributed by atoms with Crippen LogP contribution in [-0.4, -0.2) is 44.1 Å². The molecule has 1 aliphatic rings. The van der Waals surface area contributed by atoms with Crippen molar-refractivity contribution in [3.63, 3.8) is 0 Å². The summed E-state index contributed by atoms with van der Waals surface area (Å²) in [6.45, 7) is 5.56. The predicted octanol–water partition coefficient (Wildman–Crippen LogP) is 3.19. The topological polar surface area (TPSA) is 36.9 Å². The largest absolute Gasteiger partial charge is 0.375 e. The van der Waals surface area contributed by atoms with E-state index in [0.29, 0.717) is 6.54 Å². The first-order valence-electron chi connectivity index (χ1n) is 7.56. The Kier molecular flexibility index (Phi) is 8.70. The van der Waals surface area contributed by atoms with Gasteiger partial charge in [-0.2, -0.15) is 0 Å². The maximum Gasteiger partial charge on any atom is 0.194 e. The number of hydrogen-bond acceptors (Lipinski definition) is 2. The molecule has 1 fully saturated rings. The van der Waals surface area contributed by atoms with Crippen molar-refractivity contribution in [3.8, 4) is 0 Å². The van der Waals surface area contributed by atoms with E-state index in [0.717, 1.165) is 31.2 Å². The third-order valence-electron chi connectivity index (χ3n) is 3.67.